The summed E-state index contributed by atoms with van der Waals surface area (Å²) in [5, 5.41) is 3.18. The van der Waals surface area contributed by atoms with Crippen molar-refractivity contribution in [2.24, 2.45) is 0 Å². The highest BCUT2D eigenvalue weighted by molar-refractivity contribution is 5.65. The van der Waals surface area contributed by atoms with Crippen molar-refractivity contribution in [1.29, 1.82) is 0 Å². The molecule has 0 fully saturated rings. The maximum absolute atomic E-state index is 13.0. The predicted molar refractivity (Wildman–Crippen MR) is 107 cm³/mol. The third-order valence-electron chi connectivity index (χ3n) is 5.48. The molecule has 1 aliphatic heterocycles. The SMILES string of the molecule is Cc1cccc(CN2CCc3c(nc4cc(-c5ccoc5C)[nH]n4c3=O)C2)c1. The van der Waals surface area contributed by atoms with Crippen LogP contribution in [0.5, 0.6) is 0 Å². The fourth-order valence-corrected chi connectivity index (χ4v) is 4.05. The Morgan fingerprint density at radius 1 is 1.21 bits per heavy atom. The van der Waals surface area contributed by atoms with Crippen molar-refractivity contribution < 1.29 is 4.42 Å². The minimum absolute atomic E-state index is 0.00241. The molecule has 1 aliphatic rings. The van der Waals surface area contributed by atoms with Gasteiger partial charge in [-0.3, -0.25) is 14.8 Å². The van der Waals surface area contributed by atoms with E-state index in [4.69, 9.17) is 9.40 Å². The zero-order valence-corrected chi connectivity index (χ0v) is 16.0. The maximum atomic E-state index is 13.0. The largest absolute Gasteiger partial charge is 0.469 e. The van der Waals surface area contributed by atoms with Gasteiger partial charge in [-0.15, -0.1) is 0 Å². The first kappa shape index (κ1) is 17.0. The van der Waals surface area contributed by atoms with E-state index in [0.717, 1.165) is 47.8 Å². The molecule has 0 atom stereocenters. The smallest absolute Gasteiger partial charge is 0.276 e. The number of nitrogens with zero attached hydrogens (tertiary/aromatic N) is 3. The van der Waals surface area contributed by atoms with Gasteiger partial charge in [-0.05, 0) is 31.9 Å². The van der Waals surface area contributed by atoms with Crippen molar-refractivity contribution in [3.63, 3.8) is 0 Å². The number of hydrogen-bond donors (Lipinski definition) is 1. The van der Waals surface area contributed by atoms with E-state index >= 15 is 0 Å². The van der Waals surface area contributed by atoms with E-state index < -0.39 is 0 Å². The molecule has 0 saturated heterocycles. The molecule has 6 heteroatoms. The summed E-state index contributed by atoms with van der Waals surface area (Å²) < 4.78 is 6.94. The zero-order chi connectivity index (χ0) is 19.3. The number of aryl methyl sites for hydroxylation is 2. The summed E-state index contributed by atoms with van der Waals surface area (Å²) in [7, 11) is 0. The Morgan fingerprint density at radius 2 is 2.11 bits per heavy atom. The fraction of sp³-hybridized carbons (Fsp3) is 0.273. The Labute approximate surface area is 162 Å². The van der Waals surface area contributed by atoms with Crippen LogP contribution in [0.4, 0.5) is 0 Å². The molecule has 4 heterocycles. The minimum atomic E-state index is 0.00241. The average Bonchev–Trinajstić information content (AvgIpc) is 3.27. The van der Waals surface area contributed by atoms with Crippen molar-refractivity contribution in [3.05, 3.63) is 81.2 Å². The molecule has 0 unspecified atom stereocenters. The van der Waals surface area contributed by atoms with Crippen molar-refractivity contribution in [2.75, 3.05) is 6.54 Å². The molecule has 4 aromatic rings. The van der Waals surface area contributed by atoms with Crippen LogP contribution >= 0.6 is 0 Å². The number of fused-ring (bicyclic) bond motifs is 2. The Morgan fingerprint density at radius 3 is 2.89 bits per heavy atom. The molecular formula is C22H22N4O2. The maximum Gasteiger partial charge on any atom is 0.276 e. The van der Waals surface area contributed by atoms with Crippen LogP contribution < -0.4 is 5.56 Å². The van der Waals surface area contributed by atoms with Gasteiger partial charge in [0.2, 0.25) is 0 Å². The summed E-state index contributed by atoms with van der Waals surface area (Å²) in [5.74, 6) is 0.814. The third-order valence-corrected chi connectivity index (χ3v) is 5.48. The van der Waals surface area contributed by atoms with Gasteiger partial charge in [0.05, 0.1) is 17.7 Å². The van der Waals surface area contributed by atoms with Crippen molar-refractivity contribution in [2.45, 2.75) is 33.4 Å². The Balaban J connectivity index is 1.49. The monoisotopic (exact) mass is 374 g/mol. The molecule has 1 aromatic carbocycles. The lowest BCUT2D eigenvalue weighted by molar-refractivity contribution is 0.240. The van der Waals surface area contributed by atoms with E-state index in [2.05, 4.69) is 41.2 Å². The van der Waals surface area contributed by atoms with Crippen molar-refractivity contribution >= 4 is 5.65 Å². The number of aromatic amines is 1. The highest BCUT2D eigenvalue weighted by atomic mass is 16.3. The first-order valence-electron chi connectivity index (χ1n) is 9.54. The molecule has 142 valence electrons. The molecule has 0 amide bonds. The second-order valence-electron chi connectivity index (χ2n) is 7.55. The fourth-order valence-electron chi connectivity index (χ4n) is 4.05. The normalized spacial score (nSPS) is 14.5. The number of hydrogen-bond acceptors (Lipinski definition) is 4. The summed E-state index contributed by atoms with van der Waals surface area (Å²) in [6.45, 7) is 6.44. The van der Waals surface area contributed by atoms with Crippen LogP contribution in [0.2, 0.25) is 0 Å². The first-order chi connectivity index (χ1) is 13.6. The van der Waals surface area contributed by atoms with E-state index in [0.29, 0.717) is 12.2 Å². The average molecular weight is 374 g/mol. The zero-order valence-electron chi connectivity index (χ0n) is 16.0. The van der Waals surface area contributed by atoms with Crippen LogP contribution in [0.3, 0.4) is 0 Å². The molecule has 5 rings (SSSR count). The van der Waals surface area contributed by atoms with E-state index in [-0.39, 0.29) is 5.56 Å². The molecule has 0 spiro atoms. The topological polar surface area (TPSA) is 66.5 Å². The van der Waals surface area contributed by atoms with Gasteiger partial charge in [0.25, 0.3) is 5.56 Å². The molecule has 0 bridgehead atoms. The van der Waals surface area contributed by atoms with Crippen LogP contribution in [0.1, 0.15) is 28.1 Å². The molecule has 1 N–H and O–H groups in total. The summed E-state index contributed by atoms with van der Waals surface area (Å²) in [6.07, 6.45) is 2.37. The molecule has 28 heavy (non-hydrogen) atoms. The number of nitrogens with one attached hydrogen (secondary N) is 1. The van der Waals surface area contributed by atoms with Crippen LogP contribution in [-0.4, -0.2) is 26.0 Å². The van der Waals surface area contributed by atoms with E-state index in [1.54, 1.807) is 10.8 Å². The highest BCUT2D eigenvalue weighted by Crippen LogP contribution is 2.24. The van der Waals surface area contributed by atoms with Crippen LogP contribution in [0, 0.1) is 13.8 Å². The van der Waals surface area contributed by atoms with Gasteiger partial charge >= 0.3 is 0 Å². The molecule has 6 nitrogen and oxygen atoms in total. The lowest BCUT2D eigenvalue weighted by atomic mass is 10.0. The molecule has 3 aromatic heterocycles. The molecular weight excluding hydrogens is 352 g/mol. The summed E-state index contributed by atoms with van der Waals surface area (Å²) in [4.78, 5) is 20.2. The van der Waals surface area contributed by atoms with Crippen molar-refractivity contribution in [1.82, 2.24) is 19.5 Å². The summed E-state index contributed by atoms with van der Waals surface area (Å²) >= 11 is 0. The highest BCUT2D eigenvalue weighted by Gasteiger charge is 2.23. The number of benzene rings is 1. The van der Waals surface area contributed by atoms with Crippen LogP contribution in [0.15, 0.2) is 51.9 Å². The van der Waals surface area contributed by atoms with E-state index in [9.17, 15) is 4.79 Å². The minimum Gasteiger partial charge on any atom is -0.469 e. The Kier molecular flexibility index (Phi) is 3.94. The molecule has 0 saturated carbocycles. The van der Waals surface area contributed by atoms with Crippen LogP contribution in [-0.2, 0) is 19.5 Å². The molecule has 0 aliphatic carbocycles. The lowest BCUT2D eigenvalue weighted by Crippen LogP contribution is -2.36. The Bertz CT molecular complexity index is 1230. The summed E-state index contributed by atoms with van der Waals surface area (Å²) in [6, 6.07) is 12.4. The van der Waals surface area contributed by atoms with Gasteiger partial charge in [0, 0.05) is 36.8 Å². The number of aromatic nitrogens is 3. The third kappa shape index (κ3) is 2.86. The Hall–Kier alpha value is -3.12. The number of furan rings is 1. The van der Waals surface area contributed by atoms with Gasteiger partial charge in [0.15, 0.2) is 5.65 Å². The standard InChI is InChI=1S/C22H22N4O2/c1-14-4-3-5-16(10-14)12-25-8-6-18-20(13-25)23-21-11-19(24-26(21)22(18)27)17-7-9-28-15(17)2/h3-5,7,9-11,24H,6,8,12-13H2,1-2H3. The quantitative estimate of drug-likeness (QED) is 0.596. The molecule has 0 radical (unpaired) electrons. The van der Waals surface area contributed by atoms with E-state index in [1.165, 1.54) is 11.1 Å². The second kappa shape index (κ2) is 6.49. The van der Waals surface area contributed by atoms with Gasteiger partial charge in [0.1, 0.15) is 5.76 Å². The van der Waals surface area contributed by atoms with Gasteiger partial charge in [-0.25, -0.2) is 9.50 Å². The number of rotatable bonds is 3. The van der Waals surface area contributed by atoms with Gasteiger partial charge in [-0.1, -0.05) is 29.8 Å². The second-order valence-corrected chi connectivity index (χ2v) is 7.55. The number of H-pyrrole nitrogens is 1. The van der Waals surface area contributed by atoms with Crippen LogP contribution in [0.25, 0.3) is 16.9 Å². The van der Waals surface area contributed by atoms with Gasteiger partial charge < -0.3 is 4.42 Å². The summed E-state index contributed by atoms with van der Waals surface area (Å²) in [5.41, 5.74) is 6.70. The lowest BCUT2D eigenvalue weighted by Gasteiger charge is -2.27. The van der Waals surface area contributed by atoms with E-state index in [1.807, 2.05) is 19.1 Å². The van der Waals surface area contributed by atoms with Crippen molar-refractivity contribution in [3.8, 4) is 11.3 Å². The van der Waals surface area contributed by atoms with Gasteiger partial charge in [-0.2, -0.15) is 0 Å². The first-order valence-corrected chi connectivity index (χ1v) is 9.54. The predicted octanol–water partition coefficient (Wildman–Crippen LogP) is 3.46.